The van der Waals surface area contributed by atoms with E-state index in [0.29, 0.717) is 12.8 Å². The van der Waals surface area contributed by atoms with Gasteiger partial charge in [0.05, 0.1) is 0 Å². The molecule has 0 aliphatic carbocycles. The third-order valence-corrected chi connectivity index (χ3v) is 1.61. The molecule has 1 aliphatic heterocycles. The second kappa shape index (κ2) is 3.48. The third kappa shape index (κ3) is 2.31. The molecule has 1 heterocycles. The molecule has 1 fully saturated rings. The molecular formula is C7H11NO3. The van der Waals surface area contributed by atoms with E-state index in [1.54, 1.807) is 0 Å². The fraction of sp³-hybridized carbons (Fsp3) is 0.714. The van der Waals surface area contributed by atoms with Crippen molar-refractivity contribution in [1.29, 1.82) is 0 Å². The van der Waals surface area contributed by atoms with Gasteiger partial charge in [-0.1, -0.05) is 0 Å². The Kier molecular flexibility index (Phi) is 2.59. The standard InChI is InChI=1S/C7H11NO3/c1-5(9)2-3-6-7(10)11-4-8-6/h6,8H,2-4H2,1H3/t6-/m0/s1. The van der Waals surface area contributed by atoms with Gasteiger partial charge in [0, 0.05) is 6.42 Å². The maximum atomic E-state index is 10.8. The van der Waals surface area contributed by atoms with Crippen LogP contribution in [0.4, 0.5) is 0 Å². The molecular weight excluding hydrogens is 146 g/mol. The number of cyclic esters (lactones) is 1. The maximum absolute atomic E-state index is 10.8. The van der Waals surface area contributed by atoms with Crippen molar-refractivity contribution >= 4 is 11.8 Å². The van der Waals surface area contributed by atoms with Crippen LogP contribution < -0.4 is 5.32 Å². The summed E-state index contributed by atoms with van der Waals surface area (Å²) in [5.41, 5.74) is 0. The minimum atomic E-state index is -0.265. The summed E-state index contributed by atoms with van der Waals surface area (Å²) in [4.78, 5) is 21.3. The lowest BCUT2D eigenvalue weighted by molar-refractivity contribution is -0.139. The van der Waals surface area contributed by atoms with Crippen molar-refractivity contribution in [3.05, 3.63) is 0 Å². The quantitative estimate of drug-likeness (QED) is 0.578. The average molecular weight is 157 g/mol. The fourth-order valence-electron chi connectivity index (χ4n) is 0.965. The lowest BCUT2D eigenvalue weighted by Gasteiger charge is -2.01. The van der Waals surface area contributed by atoms with Crippen LogP contribution in [-0.4, -0.2) is 24.5 Å². The van der Waals surface area contributed by atoms with Gasteiger partial charge in [0.2, 0.25) is 0 Å². The monoisotopic (exact) mass is 157 g/mol. The van der Waals surface area contributed by atoms with Crippen molar-refractivity contribution in [2.75, 3.05) is 6.73 Å². The first-order valence-corrected chi connectivity index (χ1v) is 3.59. The van der Waals surface area contributed by atoms with Gasteiger partial charge in [-0.15, -0.1) is 0 Å². The van der Waals surface area contributed by atoms with E-state index < -0.39 is 0 Å². The van der Waals surface area contributed by atoms with Gasteiger partial charge in [-0.3, -0.25) is 10.1 Å². The van der Waals surface area contributed by atoms with Crippen LogP contribution in [0.1, 0.15) is 19.8 Å². The minimum Gasteiger partial charge on any atom is -0.449 e. The Bertz CT molecular complexity index is 179. The molecule has 4 nitrogen and oxygen atoms in total. The Balaban J connectivity index is 2.26. The van der Waals surface area contributed by atoms with Crippen LogP contribution in [0.3, 0.4) is 0 Å². The molecule has 1 saturated heterocycles. The number of hydrogen-bond donors (Lipinski definition) is 1. The van der Waals surface area contributed by atoms with Gasteiger partial charge in [0.15, 0.2) is 0 Å². The summed E-state index contributed by atoms with van der Waals surface area (Å²) < 4.78 is 4.64. The third-order valence-electron chi connectivity index (χ3n) is 1.61. The van der Waals surface area contributed by atoms with Gasteiger partial charge in [0.1, 0.15) is 18.6 Å². The van der Waals surface area contributed by atoms with Crippen molar-refractivity contribution in [1.82, 2.24) is 5.32 Å². The topological polar surface area (TPSA) is 55.4 Å². The Hall–Kier alpha value is -0.900. The normalized spacial score (nSPS) is 23.4. The fourth-order valence-corrected chi connectivity index (χ4v) is 0.965. The van der Waals surface area contributed by atoms with Crippen LogP contribution in [-0.2, 0) is 14.3 Å². The highest BCUT2D eigenvalue weighted by Crippen LogP contribution is 2.04. The first-order valence-electron chi connectivity index (χ1n) is 3.59. The van der Waals surface area contributed by atoms with Gasteiger partial charge in [0.25, 0.3) is 0 Å². The molecule has 1 rings (SSSR count). The predicted molar refractivity (Wildman–Crippen MR) is 37.8 cm³/mol. The summed E-state index contributed by atoms with van der Waals surface area (Å²) >= 11 is 0. The first kappa shape index (κ1) is 8.20. The summed E-state index contributed by atoms with van der Waals surface area (Å²) in [7, 11) is 0. The second-order valence-corrected chi connectivity index (χ2v) is 2.61. The highest BCUT2D eigenvalue weighted by molar-refractivity contribution is 5.79. The highest BCUT2D eigenvalue weighted by Gasteiger charge is 2.25. The van der Waals surface area contributed by atoms with Gasteiger partial charge < -0.3 is 9.53 Å². The number of carbonyl (C=O) groups excluding carboxylic acids is 2. The van der Waals surface area contributed by atoms with Gasteiger partial charge in [-0.2, -0.15) is 0 Å². The molecule has 0 spiro atoms. The molecule has 0 aromatic rings. The van der Waals surface area contributed by atoms with Gasteiger partial charge in [-0.05, 0) is 13.3 Å². The van der Waals surface area contributed by atoms with Crippen molar-refractivity contribution in [2.24, 2.45) is 0 Å². The lowest BCUT2D eigenvalue weighted by Crippen LogP contribution is -2.27. The van der Waals surface area contributed by atoms with Crippen LogP contribution in [0.15, 0.2) is 0 Å². The molecule has 11 heavy (non-hydrogen) atoms. The number of Topliss-reactive ketones (excluding diaryl/α,β-unsaturated/α-hetero) is 1. The summed E-state index contributed by atoms with van der Waals surface area (Å²) in [6.45, 7) is 1.79. The van der Waals surface area contributed by atoms with Gasteiger partial charge in [-0.25, -0.2) is 0 Å². The predicted octanol–water partition coefficient (Wildman–Crippen LogP) is -0.172. The molecule has 1 N–H and O–H groups in total. The largest absolute Gasteiger partial charge is 0.449 e. The van der Waals surface area contributed by atoms with E-state index >= 15 is 0 Å². The maximum Gasteiger partial charge on any atom is 0.324 e. The van der Waals surface area contributed by atoms with E-state index in [4.69, 9.17) is 0 Å². The molecule has 1 atom stereocenters. The molecule has 0 amide bonds. The molecule has 0 saturated carbocycles. The summed E-state index contributed by atoms with van der Waals surface area (Å²) in [6.07, 6.45) is 0.987. The number of carbonyl (C=O) groups is 2. The van der Waals surface area contributed by atoms with E-state index in [1.807, 2.05) is 0 Å². The Labute approximate surface area is 64.9 Å². The van der Waals surface area contributed by atoms with Crippen LogP contribution >= 0.6 is 0 Å². The van der Waals surface area contributed by atoms with Crippen molar-refractivity contribution in [2.45, 2.75) is 25.8 Å². The zero-order chi connectivity index (χ0) is 8.27. The molecule has 0 aromatic heterocycles. The van der Waals surface area contributed by atoms with E-state index in [2.05, 4.69) is 10.1 Å². The van der Waals surface area contributed by atoms with Crippen molar-refractivity contribution in [3.63, 3.8) is 0 Å². The minimum absolute atomic E-state index is 0.103. The second-order valence-electron chi connectivity index (χ2n) is 2.61. The van der Waals surface area contributed by atoms with Crippen LogP contribution in [0, 0.1) is 0 Å². The summed E-state index contributed by atoms with van der Waals surface area (Å²) in [6, 6.07) is -0.265. The van der Waals surface area contributed by atoms with Crippen LogP contribution in [0.25, 0.3) is 0 Å². The average Bonchev–Trinajstić information content (AvgIpc) is 2.31. The Morgan fingerprint density at radius 2 is 2.55 bits per heavy atom. The highest BCUT2D eigenvalue weighted by atomic mass is 16.6. The molecule has 62 valence electrons. The smallest absolute Gasteiger partial charge is 0.324 e. The van der Waals surface area contributed by atoms with Gasteiger partial charge >= 0.3 is 5.97 Å². The number of ketones is 1. The molecule has 0 radical (unpaired) electrons. The van der Waals surface area contributed by atoms with E-state index in [0.717, 1.165) is 0 Å². The summed E-state index contributed by atoms with van der Waals surface area (Å²) in [5.74, 6) is -0.141. The zero-order valence-electron chi connectivity index (χ0n) is 6.42. The first-order chi connectivity index (χ1) is 5.20. The van der Waals surface area contributed by atoms with Crippen LogP contribution in [0.2, 0.25) is 0 Å². The SMILES string of the molecule is CC(=O)CC[C@@H]1NCOC1=O. The zero-order valence-corrected chi connectivity index (χ0v) is 6.42. The lowest BCUT2D eigenvalue weighted by atomic mass is 10.1. The van der Waals surface area contributed by atoms with E-state index in [9.17, 15) is 9.59 Å². The van der Waals surface area contributed by atoms with Crippen molar-refractivity contribution < 1.29 is 14.3 Å². The number of hydrogen-bond acceptors (Lipinski definition) is 4. The number of nitrogens with one attached hydrogen (secondary N) is 1. The molecule has 0 aromatic carbocycles. The van der Waals surface area contributed by atoms with Crippen molar-refractivity contribution in [3.8, 4) is 0 Å². The molecule has 0 bridgehead atoms. The van der Waals surface area contributed by atoms with E-state index in [1.165, 1.54) is 6.92 Å². The van der Waals surface area contributed by atoms with Crippen LogP contribution in [0.5, 0.6) is 0 Å². The Morgan fingerprint density at radius 3 is 3.00 bits per heavy atom. The molecule has 0 unspecified atom stereocenters. The Morgan fingerprint density at radius 1 is 1.82 bits per heavy atom. The number of esters is 1. The molecule has 1 aliphatic rings. The molecule has 4 heteroatoms. The number of rotatable bonds is 3. The summed E-state index contributed by atoms with van der Waals surface area (Å²) in [5, 5.41) is 2.84. The number of ether oxygens (including phenoxy) is 1. The van der Waals surface area contributed by atoms with E-state index in [-0.39, 0.29) is 24.5 Å².